The Morgan fingerprint density at radius 3 is 2.75 bits per heavy atom. The lowest BCUT2D eigenvalue weighted by Crippen LogP contribution is -2.44. The van der Waals surface area contributed by atoms with Gasteiger partial charge in [-0.1, -0.05) is 36.4 Å². The summed E-state index contributed by atoms with van der Waals surface area (Å²) in [5, 5.41) is 13.7. The number of thioether (sulfide) groups is 1. The Bertz CT molecular complexity index is 692. The molecule has 2 N–H and O–H groups in total. The molecule has 24 heavy (non-hydrogen) atoms. The van der Waals surface area contributed by atoms with Gasteiger partial charge in [-0.3, -0.25) is 4.79 Å². The lowest BCUT2D eigenvalue weighted by atomic mass is 9.88. The van der Waals surface area contributed by atoms with E-state index < -0.39 is 5.60 Å². The highest BCUT2D eigenvalue weighted by Gasteiger charge is 2.35. The second-order valence-electron chi connectivity index (χ2n) is 5.81. The summed E-state index contributed by atoms with van der Waals surface area (Å²) in [4.78, 5) is 13.2. The van der Waals surface area contributed by atoms with Crippen molar-refractivity contribution in [2.24, 2.45) is 0 Å². The van der Waals surface area contributed by atoms with Gasteiger partial charge in [0.1, 0.15) is 11.4 Å². The molecule has 0 aromatic heterocycles. The number of fused-ring (bicyclic) bond motifs is 1. The number of ether oxygens (including phenoxy) is 1. The average Bonchev–Trinajstić information content (AvgIpc) is 2.62. The summed E-state index contributed by atoms with van der Waals surface area (Å²) < 4.78 is 5.56. The van der Waals surface area contributed by atoms with Crippen LogP contribution in [-0.2, 0) is 10.4 Å². The van der Waals surface area contributed by atoms with Crippen LogP contribution in [0.4, 0.5) is 0 Å². The first-order valence-corrected chi connectivity index (χ1v) is 9.05. The van der Waals surface area contributed by atoms with Crippen LogP contribution in [0.15, 0.2) is 59.5 Å². The van der Waals surface area contributed by atoms with Crippen LogP contribution in [0.3, 0.4) is 0 Å². The summed E-state index contributed by atoms with van der Waals surface area (Å²) in [7, 11) is 0. The van der Waals surface area contributed by atoms with E-state index >= 15 is 0 Å². The highest BCUT2D eigenvalue weighted by Crippen LogP contribution is 2.36. The van der Waals surface area contributed by atoms with Gasteiger partial charge >= 0.3 is 0 Å². The van der Waals surface area contributed by atoms with Gasteiger partial charge in [0.05, 0.1) is 13.2 Å². The van der Waals surface area contributed by atoms with Crippen molar-refractivity contribution in [3.05, 3.63) is 60.2 Å². The zero-order valence-corrected chi connectivity index (χ0v) is 14.2. The fourth-order valence-corrected chi connectivity index (χ4v) is 3.61. The Hall–Kier alpha value is -1.98. The van der Waals surface area contributed by atoms with Gasteiger partial charge in [0, 0.05) is 29.1 Å². The van der Waals surface area contributed by atoms with Crippen LogP contribution in [0.2, 0.25) is 0 Å². The van der Waals surface area contributed by atoms with E-state index in [0.717, 1.165) is 10.5 Å². The van der Waals surface area contributed by atoms with Gasteiger partial charge in [-0.25, -0.2) is 0 Å². The Balaban J connectivity index is 1.49. The molecule has 3 rings (SSSR count). The number of carbonyl (C=O) groups excluding carboxylic acids is 1. The zero-order chi connectivity index (χ0) is 16.8. The molecule has 126 valence electrons. The van der Waals surface area contributed by atoms with Gasteiger partial charge in [-0.15, -0.1) is 11.8 Å². The SMILES string of the molecule is O=C(CCSc1ccccc1)NCC1(O)CCOc2ccccc21. The number of nitrogens with one attached hydrogen (secondary N) is 1. The molecule has 4 nitrogen and oxygen atoms in total. The van der Waals surface area contributed by atoms with Crippen molar-refractivity contribution in [3.8, 4) is 5.75 Å². The third-order valence-corrected chi connectivity index (χ3v) is 5.09. The van der Waals surface area contributed by atoms with Gasteiger partial charge in [-0.05, 0) is 18.2 Å². The number of rotatable bonds is 6. The molecule has 0 spiro atoms. The van der Waals surface area contributed by atoms with Crippen LogP contribution in [0.5, 0.6) is 5.75 Å². The Morgan fingerprint density at radius 1 is 1.17 bits per heavy atom. The number of amides is 1. The minimum absolute atomic E-state index is 0.0455. The molecule has 0 radical (unpaired) electrons. The minimum atomic E-state index is -1.06. The van der Waals surface area contributed by atoms with Crippen molar-refractivity contribution in [3.63, 3.8) is 0 Å². The molecule has 0 aliphatic carbocycles. The summed E-state index contributed by atoms with van der Waals surface area (Å²) in [5.74, 6) is 1.37. The molecule has 1 heterocycles. The van der Waals surface area contributed by atoms with E-state index in [1.807, 2.05) is 54.6 Å². The molecule has 1 aliphatic rings. The number of aliphatic hydroxyl groups is 1. The molecule has 1 atom stereocenters. The lowest BCUT2D eigenvalue weighted by molar-refractivity contribution is -0.122. The molecule has 5 heteroatoms. The Labute approximate surface area is 146 Å². The van der Waals surface area contributed by atoms with E-state index in [0.29, 0.717) is 31.0 Å². The zero-order valence-electron chi connectivity index (χ0n) is 13.4. The molecule has 1 unspecified atom stereocenters. The van der Waals surface area contributed by atoms with E-state index in [9.17, 15) is 9.90 Å². The predicted molar refractivity (Wildman–Crippen MR) is 95.2 cm³/mol. The summed E-state index contributed by atoms with van der Waals surface area (Å²) in [6.45, 7) is 0.662. The first kappa shape index (κ1) is 16.9. The number of hydrogen-bond acceptors (Lipinski definition) is 4. The van der Waals surface area contributed by atoms with E-state index in [4.69, 9.17) is 4.74 Å². The van der Waals surface area contributed by atoms with Gasteiger partial charge in [0.25, 0.3) is 0 Å². The Morgan fingerprint density at radius 2 is 1.92 bits per heavy atom. The van der Waals surface area contributed by atoms with E-state index in [-0.39, 0.29) is 12.5 Å². The molecular formula is C19H21NO3S. The van der Waals surface area contributed by atoms with Crippen LogP contribution >= 0.6 is 11.8 Å². The lowest BCUT2D eigenvalue weighted by Gasteiger charge is -2.34. The number of para-hydroxylation sites is 1. The standard InChI is InChI=1S/C19H21NO3S/c21-18(10-13-24-15-6-2-1-3-7-15)20-14-19(22)11-12-23-17-9-5-4-8-16(17)19/h1-9,22H,10-14H2,(H,20,21). The van der Waals surface area contributed by atoms with Crippen LogP contribution in [0.25, 0.3) is 0 Å². The summed E-state index contributed by atoms with van der Waals surface area (Å²) in [5.41, 5.74) is -0.313. The van der Waals surface area contributed by atoms with Gasteiger partial charge in [0.15, 0.2) is 0 Å². The van der Waals surface area contributed by atoms with Crippen LogP contribution in [0, 0.1) is 0 Å². The molecule has 1 amide bonds. The molecule has 0 saturated carbocycles. The van der Waals surface area contributed by atoms with Crippen molar-refractivity contribution in [1.82, 2.24) is 5.32 Å². The summed E-state index contributed by atoms with van der Waals surface area (Å²) >= 11 is 1.65. The van der Waals surface area contributed by atoms with E-state index in [1.165, 1.54) is 0 Å². The van der Waals surface area contributed by atoms with Crippen molar-refractivity contribution >= 4 is 17.7 Å². The van der Waals surface area contributed by atoms with Gasteiger partial charge in [-0.2, -0.15) is 0 Å². The van der Waals surface area contributed by atoms with Crippen LogP contribution in [0.1, 0.15) is 18.4 Å². The number of hydrogen-bond donors (Lipinski definition) is 2. The average molecular weight is 343 g/mol. The smallest absolute Gasteiger partial charge is 0.220 e. The van der Waals surface area contributed by atoms with Crippen LogP contribution in [-0.4, -0.2) is 29.9 Å². The fraction of sp³-hybridized carbons (Fsp3) is 0.316. The number of benzene rings is 2. The first-order chi connectivity index (χ1) is 11.7. The molecule has 0 fully saturated rings. The Kier molecular flexibility index (Phi) is 5.43. The first-order valence-electron chi connectivity index (χ1n) is 8.07. The van der Waals surface area contributed by atoms with E-state index in [1.54, 1.807) is 11.8 Å². The monoisotopic (exact) mass is 343 g/mol. The van der Waals surface area contributed by atoms with Crippen molar-refractivity contribution in [2.45, 2.75) is 23.3 Å². The van der Waals surface area contributed by atoms with E-state index in [2.05, 4.69) is 5.32 Å². The largest absolute Gasteiger partial charge is 0.493 e. The maximum Gasteiger partial charge on any atom is 0.220 e. The third-order valence-electron chi connectivity index (χ3n) is 4.08. The maximum atomic E-state index is 12.1. The second-order valence-corrected chi connectivity index (χ2v) is 6.98. The summed E-state index contributed by atoms with van der Waals surface area (Å²) in [6, 6.07) is 17.5. The highest BCUT2D eigenvalue weighted by molar-refractivity contribution is 7.99. The van der Waals surface area contributed by atoms with Crippen molar-refractivity contribution in [1.29, 1.82) is 0 Å². The molecular weight excluding hydrogens is 322 g/mol. The fourth-order valence-electron chi connectivity index (χ4n) is 2.74. The second kappa shape index (κ2) is 7.73. The molecule has 2 aromatic rings. The predicted octanol–water partition coefficient (Wildman–Crippen LogP) is 2.96. The third kappa shape index (κ3) is 4.10. The minimum Gasteiger partial charge on any atom is -0.493 e. The topological polar surface area (TPSA) is 58.6 Å². The van der Waals surface area contributed by atoms with Gasteiger partial charge in [0.2, 0.25) is 5.91 Å². The highest BCUT2D eigenvalue weighted by atomic mass is 32.2. The normalized spacial score (nSPS) is 19.2. The van der Waals surface area contributed by atoms with Crippen LogP contribution < -0.4 is 10.1 Å². The molecule has 1 aliphatic heterocycles. The maximum absolute atomic E-state index is 12.1. The van der Waals surface area contributed by atoms with Crippen molar-refractivity contribution < 1.29 is 14.6 Å². The quantitative estimate of drug-likeness (QED) is 0.792. The molecule has 0 saturated heterocycles. The molecule has 0 bridgehead atoms. The molecule has 2 aromatic carbocycles. The summed E-state index contributed by atoms with van der Waals surface area (Å²) in [6.07, 6.45) is 0.900. The number of carbonyl (C=O) groups is 1. The van der Waals surface area contributed by atoms with Gasteiger partial charge < -0.3 is 15.2 Å². The van der Waals surface area contributed by atoms with Crippen molar-refractivity contribution in [2.75, 3.05) is 18.9 Å².